The van der Waals surface area contributed by atoms with Crippen LogP contribution in [-0.4, -0.2) is 68.7 Å². The first-order chi connectivity index (χ1) is 11.5. The monoisotopic (exact) mass is 356 g/mol. The van der Waals surface area contributed by atoms with Gasteiger partial charge < -0.3 is 14.4 Å². The molecule has 0 aliphatic carbocycles. The first-order valence-corrected chi connectivity index (χ1v) is 9.68. The molecule has 1 aromatic carbocycles. The highest BCUT2D eigenvalue weighted by Gasteiger charge is 2.27. The van der Waals surface area contributed by atoms with E-state index < -0.39 is 10.0 Å². The van der Waals surface area contributed by atoms with Crippen LogP contribution in [0, 0.1) is 0 Å². The van der Waals surface area contributed by atoms with Gasteiger partial charge in [0.1, 0.15) is 11.5 Å². The van der Waals surface area contributed by atoms with Gasteiger partial charge in [-0.2, -0.15) is 4.31 Å². The Labute approximate surface area is 143 Å². The molecule has 0 aromatic heterocycles. The number of benzene rings is 1. The van der Waals surface area contributed by atoms with Crippen LogP contribution in [0.5, 0.6) is 11.5 Å². The van der Waals surface area contributed by atoms with Crippen LogP contribution in [0.3, 0.4) is 0 Å². The molecule has 1 aliphatic heterocycles. The summed E-state index contributed by atoms with van der Waals surface area (Å²) in [4.78, 5) is 13.8. The summed E-state index contributed by atoms with van der Waals surface area (Å²) in [6.45, 7) is 5.53. The van der Waals surface area contributed by atoms with Gasteiger partial charge in [-0.15, -0.1) is 0 Å². The van der Waals surface area contributed by atoms with Gasteiger partial charge in [0, 0.05) is 26.2 Å². The summed E-state index contributed by atoms with van der Waals surface area (Å²) in [5.41, 5.74) is 0. The predicted molar refractivity (Wildman–Crippen MR) is 90.7 cm³/mol. The Morgan fingerprint density at radius 2 is 1.54 bits per heavy atom. The molecule has 0 atom stereocenters. The fourth-order valence-electron chi connectivity index (χ4n) is 2.43. The first kappa shape index (κ1) is 18.5. The summed E-state index contributed by atoms with van der Waals surface area (Å²) in [5.74, 6) is 1.29. The molecule has 1 heterocycles. The van der Waals surface area contributed by atoms with Crippen LogP contribution in [0.25, 0.3) is 0 Å². The van der Waals surface area contributed by atoms with Crippen molar-refractivity contribution in [2.75, 3.05) is 45.1 Å². The van der Waals surface area contributed by atoms with Gasteiger partial charge in [0.25, 0.3) is 5.91 Å². The third kappa shape index (κ3) is 4.85. The van der Waals surface area contributed by atoms with Gasteiger partial charge in [0.05, 0.1) is 12.4 Å². The molecular formula is C16H24N2O5S. The average Bonchev–Trinajstić information content (AvgIpc) is 2.61. The Kier molecular flexibility index (Phi) is 6.44. The summed E-state index contributed by atoms with van der Waals surface area (Å²) < 4.78 is 35.9. The number of amides is 1. The minimum atomic E-state index is -3.18. The normalized spacial score (nSPS) is 16.0. The van der Waals surface area contributed by atoms with Crippen molar-refractivity contribution in [2.24, 2.45) is 0 Å². The van der Waals surface area contributed by atoms with E-state index in [1.165, 1.54) is 4.31 Å². The molecule has 1 aliphatic rings. The summed E-state index contributed by atoms with van der Waals surface area (Å²) in [6, 6.07) is 7.09. The average molecular weight is 356 g/mol. The van der Waals surface area contributed by atoms with Crippen molar-refractivity contribution < 1.29 is 22.7 Å². The molecule has 1 saturated heterocycles. The second-order valence-electron chi connectivity index (χ2n) is 5.37. The smallest absolute Gasteiger partial charge is 0.260 e. The Morgan fingerprint density at radius 1 is 1.00 bits per heavy atom. The number of nitrogens with zero attached hydrogens (tertiary/aromatic N) is 2. The molecule has 0 N–H and O–H groups in total. The number of carbonyl (C=O) groups excluding carboxylic acids is 1. The molecule has 1 aromatic rings. The summed E-state index contributed by atoms with van der Waals surface area (Å²) in [6.07, 6.45) is 0. The molecule has 2 rings (SSSR count). The van der Waals surface area contributed by atoms with Gasteiger partial charge in [-0.3, -0.25) is 4.79 Å². The predicted octanol–water partition coefficient (Wildman–Crippen LogP) is 0.958. The second-order valence-corrected chi connectivity index (χ2v) is 7.63. The van der Waals surface area contributed by atoms with E-state index in [1.807, 2.05) is 6.92 Å². The summed E-state index contributed by atoms with van der Waals surface area (Å²) in [7, 11) is -3.18. The third-order valence-electron chi connectivity index (χ3n) is 3.85. The van der Waals surface area contributed by atoms with Gasteiger partial charge in [0.15, 0.2) is 6.61 Å². The summed E-state index contributed by atoms with van der Waals surface area (Å²) >= 11 is 0. The lowest BCUT2D eigenvalue weighted by molar-refractivity contribution is -0.134. The zero-order valence-corrected chi connectivity index (χ0v) is 14.9. The number of ether oxygens (including phenoxy) is 2. The molecule has 0 spiro atoms. The van der Waals surface area contributed by atoms with Crippen molar-refractivity contribution in [1.29, 1.82) is 0 Å². The highest BCUT2D eigenvalue weighted by atomic mass is 32.2. The van der Waals surface area contributed by atoms with E-state index in [2.05, 4.69) is 0 Å². The van der Waals surface area contributed by atoms with Crippen molar-refractivity contribution in [3.8, 4) is 11.5 Å². The molecular weight excluding hydrogens is 332 g/mol. The van der Waals surface area contributed by atoms with Crippen molar-refractivity contribution in [3.63, 3.8) is 0 Å². The Hall–Kier alpha value is -1.80. The van der Waals surface area contributed by atoms with Crippen molar-refractivity contribution in [3.05, 3.63) is 24.3 Å². The topological polar surface area (TPSA) is 76.2 Å². The Bertz CT molecular complexity index is 637. The van der Waals surface area contributed by atoms with Gasteiger partial charge in [-0.1, -0.05) is 0 Å². The first-order valence-electron chi connectivity index (χ1n) is 8.07. The molecule has 0 saturated carbocycles. The Balaban J connectivity index is 1.79. The lowest BCUT2D eigenvalue weighted by Crippen LogP contribution is -2.51. The minimum Gasteiger partial charge on any atom is -0.494 e. The van der Waals surface area contributed by atoms with E-state index in [9.17, 15) is 13.2 Å². The van der Waals surface area contributed by atoms with Gasteiger partial charge in [-0.25, -0.2) is 8.42 Å². The number of carbonyl (C=O) groups is 1. The molecule has 1 amide bonds. The molecule has 7 nitrogen and oxygen atoms in total. The number of hydrogen-bond acceptors (Lipinski definition) is 5. The lowest BCUT2D eigenvalue weighted by Gasteiger charge is -2.33. The fourth-order valence-corrected chi connectivity index (χ4v) is 3.52. The van der Waals surface area contributed by atoms with Crippen LogP contribution in [0.1, 0.15) is 13.8 Å². The highest BCUT2D eigenvalue weighted by molar-refractivity contribution is 7.89. The fraction of sp³-hybridized carbons (Fsp3) is 0.562. The van der Waals surface area contributed by atoms with E-state index in [0.29, 0.717) is 38.5 Å². The van der Waals surface area contributed by atoms with Crippen molar-refractivity contribution in [1.82, 2.24) is 9.21 Å². The molecule has 0 radical (unpaired) electrons. The van der Waals surface area contributed by atoms with Crippen LogP contribution in [0.15, 0.2) is 24.3 Å². The van der Waals surface area contributed by atoms with Crippen molar-refractivity contribution >= 4 is 15.9 Å². The maximum atomic E-state index is 12.2. The Morgan fingerprint density at radius 3 is 2.04 bits per heavy atom. The lowest BCUT2D eigenvalue weighted by atomic mass is 10.3. The van der Waals surface area contributed by atoms with Crippen LogP contribution >= 0.6 is 0 Å². The third-order valence-corrected chi connectivity index (χ3v) is 5.73. The molecule has 8 heteroatoms. The van der Waals surface area contributed by atoms with Crippen LogP contribution in [0.4, 0.5) is 0 Å². The van der Waals surface area contributed by atoms with Crippen molar-refractivity contribution in [2.45, 2.75) is 13.8 Å². The van der Waals surface area contributed by atoms with E-state index in [4.69, 9.17) is 9.47 Å². The van der Waals surface area contributed by atoms with Gasteiger partial charge >= 0.3 is 0 Å². The van der Waals surface area contributed by atoms with E-state index in [-0.39, 0.29) is 18.3 Å². The maximum Gasteiger partial charge on any atom is 0.260 e. The molecule has 24 heavy (non-hydrogen) atoms. The zero-order chi connectivity index (χ0) is 17.6. The van der Waals surface area contributed by atoms with Gasteiger partial charge in [0.2, 0.25) is 10.0 Å². The van der Waals surface area contributed by atoms with Gasteiger partial charge in [-0.05, 0) is 38.1 Å². The van der Waals surface area contributed by atoms with Crippen LogP contribution in [0.2, 0.25) is 0 Å². The molecule has 1 fully saturated rings. The quantitative estimate of drug-likeness (QED) is 0.727. The van der Waals surface area contributed by atoms with E-state index >= 15 is 0 Å². The molecule has 0 bridgehead atoms. The van der Waals surface area contributed by atoms with E-state index in [0.717, 1.165) is 5.75 Å². The van der Waals surface area contributed by atoms with E-state index in [1.54, 1.807) is 36.1 Å². The largest absolute Gasteiger partial charge is 0.494 e. The number of rotatable bonds is 7. The number of hydrogen-bond donors (Lipinski definition) is 0. The standard InChI is InChI=1S/C16H24N2O5S/c1-3-22-14-5-7-15(8-6-14)23-13-16(19)17-9-11-18(12-10-17)24(20,21)4-2/h5-8H,3-4,9-13H2,1-2H3. The summed E-state index contributed by atoms with van der Waals surface area (Å²) in [5, 5.41) is 0. The maximum absolute atomic E-state index is 12.2. The number of sulfonamides is 1. The number of piperazine rings is 1. The SMILES string of the molecule is CCOc1ccc(OCC(=O)N2CCN(S(=O)(=O)CC)CC2)cc1. The van der Waals surface area contributed by atoms with Crippen LogP contribution < -0.4 is 9.47 Å². The second kappa shape index (κ2) is 8.34. The molecule has 0 unspecified atom stereocenters. The minimum absolute atomic E-state index is 0.0610. The zero-order valence-electron chi connectivity index (χ0n) is 14.1. The van der Waals surface area contributed by atoms with Crippen LogP contribution in [-0.2, 0) is 14.8 Å². The molecule has 134 valence electrons. The highest BCUT2D eigenvalue weighted by Crippen LogP contribution is 2.17.